The van der Waals surface area contributed by atoms with Gasteiger partial charge < -0.3 is 9.80 Å². The van der Waals surface area contributed by atoms with Crippen LogP contribution in [0.5, 0.6) is 0 Å². The molecule has 3 aromatic rings. The van der Waals surface area contributed by atoms with E-state index in [1.54, 1.807) is 9.80 Å². The third kappa shape index (κ3) is 4.51. The van der Waals surface area contributed by atoms with Gasteiger partial charge in [-0.2, -0.15) is 0 Å². The normalized spacial score (nSPS) is 13.1. The van der Waals surface area contributed by atoms with Gasteiger partial charge in [0.2, 0.25) is 11.8 Å². The van der Waals surface area contributed by atoms with Crippen LogP contribution in [0.15, 0.2) is 89.8 Å². The molecule has 0 radical (unpaired) electrons. The van der Waals surface area contributed by atoms with Gasteiger partial charge in [-0.1, -0.05) is 60.7 Å². The number of benzene rings is 3. The van der Waals surface area contributed by atoms with E-state index >= 15 is 0 Å². The van der Waals surface area contributed by atoms with E-state index in [-0.39, 0.29) is 18.4 Å². The summed E-state index contributed by atoms with van der Waals surface area (Å²) in [5, 5.41) is 0. The van der Waals surface area contributed by atoms with Crippen molar-refractivity contribution < 1.29 is 9.59 Å². The minimum absolute atomic E-state index is 0.0295. The number of carbonyl (C=O) groups is 2. The summed E-state index contributed by atoms with van der Waals surface area (Å²) in [5.41, 5.74) is 2.84. The summed E-state index contributed by atoms with van der Waals surface area (Å²) >= 11 is 1.52. The van der Waals surface area contributed by atoms with Crippen LogP contribution in [0.3, 0.4) is 0 Å². The minimum atomic E-state index is -0.0813. The Bertz CT molecular complexity index is 992. The second-order valence-corrected chi connectivity index (χ2v) is 7.87. The monoisotopic (exact) mass is 402 g/mol. The summed E-state index contributed by atoms with van der Waals surface area (Å²) in [6.45, 7) is 0.603. The predicted molar refractivity (Wildman–Crippen MR) is 118 cm³/mol. The second kappa shape index (κ2) is 8.97. The summed E-state index contributed by atoms with van der Waals surface area (Å²) in [7, 11) is 0. The molecule has 0 aromatic heterocycles. The van der Waals surface area contributed by atoms with Gasteiger partial charge in [0.05, 0.1) is 11.4 Å². The predicted octanol–water partition coefficient (Wildman–Crippen LogP) is 4.40. The van der Waals surface area contributed by atoms with Crippen molar-refractivity contribution in [1.82, 2.24) is 0 Å². The van der Waals surface area contributed by atoms with Crippen molar-refractivity contribution in [3.8, 4) is 0 Å². The summed E-state index contributed by atoms with van der Waals surface area (Å²) < 4.78 is 0. The number of thioether (sulfide) groups is 1. The number of hydrogen-bond acceptors (Lipinski definition) is 3. The zero-order valence-electron chi connectivity index (χ0n) is 16.0. The molecule has 5 heteroatoms. The Morgan fingerprint density at radius 1 is 0.897 bits per heavy atom. The van der Waals surface area contributed by atoms with Gasteiger partial charge in [-0.25, -0.2) is 0 Å². The number of nitrogens with zero attached hydrogens (tertiary/aromatic N) is 2. The number of rotatable bonds is 6. The summed E-state index contributed by atoms with van der Waals surface area (Å²) in [6, 6.07) is 27.5. The molecule has 146 valence electrons. The van der Waals surface area contributed by atoms with Crippen molar-refractivity contribution in [3.05, 3.63) is 90.5 Å². The first-order valence-electron chi connectivity index (χ1n) is 9.64. The molecule has 3 aromatic carbocycles. The average Bonchev–Trinajstić information content (AvgIpc) is 2.77. The fourth-order valence-corrected chi connectivity index (χ4v) is 4.37. The van der Waals surface area contributed by atoms with Crippen LogP contribution >= 0.6 is 11.8 Å². The number of hydrogen-bond donors (Lipinski definition) is 0. The third-order valence-electron chi connectivity index (χ3n) is 4.94. The summed E-state index contributed by atoms with van der Waals surface area (Å²) in [4.78, 5) is 30.3. The molecule has 0 aliphatic carbocycles. The van der Waals surface area contributed by atoms with Crippen molar-refractivity contribution in [1.29, 1.82) is 0 Å². The lowest BCUT2D eigenvalue weighted by Gasteiger charge is -2.31. The first-order chi connectivity index (χ1) is 14.2. The lowest BCUT2D eigenvalue weighted by atomic mass is 10.1. The molecule has 4 rings (SSSR count). The molecule has 1 aliphatic rings. The third-order valence-corrected chi connectivity index (χ3v) is 5.98. The Kier molecular flexibility index (Phi) is 5.96. The molecular formula is C24H22N2O2S. The highest BCUT2D eigenvalue weighted by molar-refractivity contribution is 8.00. The van der Waals surface area contributed by atoms with E-state index < -0.39 is 0 Å². The molecule has 4 nitrogen and oxygen atoms in total. The van der Waals surface area contributed by atoms with E-state index in [0.717, 1.165) is 22.7 Å². The Morgan fingerprint density at radius 2 is 1.55 bits per heavy atom. The molecule has 1 aliphatic heterocycles. The zero-order chi connectivity index (χ0) is 20.1. The quantitative estimate of drug-likeness (QED) is 0.614. The van der Waals surface area contributed by atoms with Crippen LogP contribution < -0.4 is 9.80 Å². The molecule has 0 bridgehead atoms. The molecule has 0 N–H and O–H groups in total. The molecule has 0 saturated carbocycles. The lowest BCUT2D eigenvalue weighted by Crippen LogP contribution is -2.45. The van der Waals surface area contributed by atoms with Crippen molar-refractivity contribution in [2.75, 3.05) is 28.6 Å². The van der Waals surface area contributed by atoms with Crippen LogP contribution in [0.4, 0.5) is 11.4 Å². The molecule has 1 heterocycles. The maximum atomic E-state index is 13.3. The van der Waals surface area contributed by atoms with Crippen molar-refractivity contribution in [2.24, 2.45) is 0 Å². The molecule has 0 saturated heterocycles. The standard InChI is InChI=1S/C24H22N2O2S/c27-23(17-26-21-13-7-8-14-22(21)29-18-24(26)28)25(20-11-5-2-6-12-20)16-15-19-9-3-1-4-10-19/h1-14H,15-18H2. The fraction of sp³-hybridized carbons (Fsp3) is 0.167. The Hall–Kier alpha value is -3.05. The SMILES string of the molecule is O=C(CN1C(=O)CSc2ccccc21)N(CCc1ccccc1)c1ccccc1. The first kappa shape index (κ1) is 19.3. The number of anilines is 2. The van der Waals surface area contributed by atoms with Gasteiger partial charge in [0.1, 0.15) is 6.54 Å². The molecule has 0 fully saturated rings. The van der Waals surface area contributed by atoms with Gasteiger partial charge in [0, 0.05) is 17.1 Å². The van der Waals surface area contributed by atoms with Gasteiger partial charge in [-0.15, -0.1) is 11.8 Å². The van der Waals surface area contributed by atoms with Gasteiger partial charge >= 0.3 is 0 Å². The van der Waals surface area contributed by atoms with Gasteiger partial charge in [-0.05, 0) is 36.2 Å². The van der Waals surface area contributed by atoms with Crippen molar-refractivity contribution in [3.63, 3.8) is 0 Å². The van der Waals surface area contributed by atoms with E-state index in [4.69, 9.17) is 0 Å². The molecule has 0 atom stereocenters. The fourth-order valence-electron chi connectivity index (χ4n) is 3.44. The van der Waals surface area contributed by atoms with Crippen LogP contribution in [0.1, 0.15) is 5.56 Å². The average molecular weight is 403 g/mol. The van der Waals surface area contributed by atoms with Crippen LogP contribution in [0.25, 0.3) is 0 Å². The smallest absolute Gasteiger partial charge is 0.247 e. The van der Waals surface area contributed by atoms with Crippen LogP contribution in [0, 0.1) is 0 Å². The summed E-state index contributed by atoms with van der Waals surface area (Å²) in [6.07, 6.45) is 0.752. The van der Waals surface area contributed by atoms with E-state index in [1.807, 2.05) is 72.8 Å². The van der Waals surface area contributed by atoms with Crippen molar-refractivity contribution in [2.45, 2.75) is 11.3 Å². The van der Waals surface area contributed by atoms with Gasteiger partial charge in [0.15, 0.2) is 0 Å². The largest absolute Gasteiger partial charge is 0.311 e. The summed E-state index contributed by atoms with van der Waals surface area (Å²) in [5.74, 6) is 0.250. The Morgan fingerprint density at radius 3 is 2.31 bits per heavy atom. The van der Waals surface area contributed by atoms with Crippen LogP contribution in [0.2, 0.25) is 0 Å². The van der Waals surface area contributed by atoms with E-state index in [9.17, 15) is 9.59 Å². The maximum Gasteiger partial charge on any atom is 0.247 e. The Labute approximate surface area is 175 Å². The highest BCUT2D eigenvalue weighted by atomic mass is 32.2. The highest BCUT2D eigenvalue weighted by Crippen LogP contribution is 2.34. The minimum Gasteiger partial charge on any atom is -0.311 e. The highest BCUT2D eigenvalue weighted by Gasteiger charge is 2.28. The zero-order valence-corrected chi connectivity index (χ0v) is 16.8. The molecular weight excluding hydrogens is 380 g/mol. The van der Waals surface area contributed by atoms with Gasteiger partial charge in [0.25, 0.3) is 0 Å². The molecule has 2 amide bonds. The number of para-hydroxylation sites is 2. The first-order valence-corrected chi connectivity index (χ1v) is 10.6. The van der Waals surface area contributed by atoms with Crippen LogP contribution in [-0.4, -0.2) is 30.7 Å². The van der Waals surface area contributed by atoms with Crippen molar-refractivity contribution >= 4 is 35.0 Å². The van der Waals surface area contributed by atoms with E-state index in [2.05, 4.69) is 12.1 Å². The van der Waals surface area contributed by atoms with E-state index in [1.165, 1.54) is 17.3 Å². The molecule has 0 spiro atoms. The number of fused-ring (bicyclic) bond motifs is 1. The molecule has 29 heavy (non-hydrogen) atoms. The lowest BCUT2D eigenvalue weighted by molar-refractivity contribution is -0.121. The second-order valence-electron chi connectivity index (χ2n) is 6.85. The topological polar surface area (TPSA) is 40.6 Å². The molecule has 0 unspecified atom stereocenters. The van der Waals surface area contributed by atoms with Crippen LogP contribution in [-0.2, 0) is 16.0 Å². The van der Waals surface area contributed by atoms with E-state index in [0.29, 0.717) is 12.3 Å². The number of amides is 2. The Balaban J connectivity index is 1.56. The number of carbonyl (C=O) groups excluding carboxylic acids is 2. The van der Waals surface area contributed by atoms with Gasteiger partial charge in [-0.3, -0.25) is 9.59 Å². The maximum absolute atomic E-state index is 13.3.